The van der Waals surface area contributed by atoms with E-state index in [1.54, 1.807) is 24.8 Å². The summed E-state index contributed by atoms with van der Waals surface area (Å²) in [5, 5.41) is 3.24. The second-order valence-corrected chi connectivity index (χ2v) is 6.32. The van der Waals surface area contributed by atoms with Gasteiger partial charge in [-0.3, -0.25) is 9.88 Å². The molecule has 1 atom stereocenters. The van der Waals surface area contributed by atoms with E-state index in [0.29, 0.717) is 18.0 Å². The summed E-state index contributed by atoms with van der Waals surface area (Å²) in [5.74, 6) is 1.35. The van der Waals surface area contributed by atoms with Gasteiger partial charge in [0.2, 0.25) is 5.95 Å². The molecule has 0 radical (unpaired) electrons. The Morgan fingerprint density at radius 3 is 2.48 bits per heavy atom. The molecule has 1 saturated carbocycles. The SMILES string of the molecule is c1cnc(Nc2nccnc2[C@@H]2CCCN2C2CCCC2)nc1. The molecule has 3 heterocycles. The molecular formula is C17H22N6. The average Bonchev–Trinajstić information content (AvgIpc) is 3.27. The van der Waals surface area contributed by atoms with E-state index in [2.05, 4.69) is 30.2 Å². The topological polar surface area (TPSA) is 66.8 Å². The lowest BCUT2D eigenvalue weighted by atomic mass is 10.1. The first-order chi connectivity index (χ1) is 11.4. The highest BCUT2D eigenvalue weighted by molar-refractivity contribution is 5.51. The second kappa shape index (κ2) is 6.58. The molecule has 0 unspecified atom stereocenters. The van der Waals surface area contributed by atoms with E-state index >= 15 is 0 Å². The van der Waals surface area contributed by atoms with Crippen molar-refractivity contribution in [1.29, 1.82) is 0 Å². The number of rotatable bonds is 4. The number of anilines is 2. The molecule has 2 fully saturated rings. The van der Waals surface area contributed by atoms with E-state index in [1.807, 2.05) is 6.07 Å². The first-order valence-corrected chi connectivity index (χ1v) is 8.52. The quantitative estimate of drug-likeness (QED) is 0.936. The van der Waals surface area contributed by atoms with Crippen LogP contribution in [0, 0.1) is 0 Å². The Morgan fingerprint density at radius 2 is 1.65 bits per heavy atom. The van der Waals surface area contributed by atoms with Crippen LogP contribution in [-0.2, 0) is 0 Å². The lowest BCUT2D eigenvalue weighted by Gasteiger charge is -2.30. The van der Waals surface area contributed by atoms with E-state index < -0.39 is 0 Å². The molecule has 23 heavy (non-hydrogen) atoms. The summed E-state index contributed by atoms with van der Waals surface area (Å²) in [6.45, 7) is 1.17. The highest BCUT2D eigenvalue weighted by Crippen LogP contribution is 2.39. The zero-order valence-electron chi connectivity index (χ0n) is 13.2. The molecule has 6 heteroatoms. The monoisotopic (exact) mass is 310 g/mol. The molecule has 6 nitrogen and oxygen atoms in total. The molecule has 2 aromatic heterocycles. The molecule has 1 aliphatic heterocycles. The third-order valence-corrected chi connectivity index (χ3v) is 4.93. The van der Waals surface area contributed by atoms with Gasteiger partial charge in [-0.25, -0.2) is 15.0 Å². The smallest absolute Gasteiger partial charge is 0.228 e. The van der Waals surface area contributed by atoms with E-state index in [1.165, 1.54) is 38.6 Å². The maximum atomic E-state index is 4.66. The molecule has 120 valence electrons. The fourth-order valence-electron chi connectivity index (χ4n) is 3.91. The summed E-state index contributed by atoms with van der Waals surface area (Å²) in [7, 11) is 0. The summed E-state index contributed by atoms with van der Waals surface area (Å²) >= 11 is 0. The summed E-state index contributed by atoms with van der Waals surface area (Å²) < 4.78 is 0. The van der Waals surface area contributed by atoms with Crippen molar-refractivity contribution in [3.8, 4) is 0 Å². The Kier molecular flexibility index (Phi) is 4.15. The number of hydrogen-bond donors (Lipinski definition) is 1. The molecule has 1 N–H and O–H groups in total. The summed E-state index contributed by atoms with van der Waals surface area (Å²) in [6, 6.07) is 2.88. The molecule has 2 aliphatic rings. The third-order valence-electron chi connectivity index (χ3n) is 4.93. The number of hydrogen-bond acceptors (Lipinski definition) is 6. The van der Waals surface area contributed by atoms with Crippen LogP contribution in [0.1, 0.15) is 50.3 Å². The average molecular weight is 310 g/mol. The van der Waals surface area contributed by atoms with Crippen molar-refractivity contribution in [3.63, 3.8) is 0 Å². The van der Waals surface area contributed by atoms with Gasteiger partial charge in [-0.2, -0.15) is 0 Å². The molecule has 0 aromatic carbocycles. The van der Waals surface area contributed by atoms with E-state index in [4.69, 9.17) is 0 Å². The molecule has 0 amide bonds. The van der Waals surface area contributed by atoms with Crippen molar-refractivity contribution in [2.75, 3.05) is 11.9 Å². The minimum atomic E-state index is 0.359. The van der Waals surface area contributed by atoms with Gasteiger partial charge in [0.05, 0.1) is 6.04 Å². The van der Waals surface area contributed by atoms with Crippen LogP contribution >= 0.6 is 0 Å². The van der Waals surface area contributed by atoms with Gasteiger partial charge in [0.15, 0.2) is 5.82 Å². The van der Waals surface area contributed by atoms with Crippen LogP contribution in [-0.4, -0.2) is 37.4 Å². The number of nitrogens with one attached hydrogen (secondary N) is 1. The van der Waals surface area contributed by atoms with Crippen molar-refractivity contribution in [2.45, 2.75) is 50.6 Å². The summed E-state index contributed by atoms with van der Waals surface area (Å²) in [6.07, 6.45) is 14.7. The predicted molar refractivity (Wildman–Crippen MR) is 88.3 cm³/mol. The van der Waals surface area contributed by atoms with Crippen LogP contribution in [0.4, 0.5) is 11.8 Å². The number of aromatic nitrogens is 4. The Morgan fingerprint density at radius 1 is 0.870 bits per heavy atom. The van der Waals surface area contributed by atoms with Crippen molar-refractivity contribution >= 4 is 11.8 Å². The van der Waals surface area contributed by atoms with Gasteiger partial charge in [-0.1, -0.05) is 12.8 Å². The fraction of sp³-hybridized carbons (Fsp3) is 0.529. The molecule has 0 bridgehead atoms. The van der Waals surface area contributed by atoms with E-state index in [-0.39, 0.29) is 0 Å². The minimum Gasteiger partial charge on any atom is -0.307 e. The maximum Gasteiger partial charge on any atom is 0.228 e. The van der Waals surface area contributed by atoms with Gasteiger partial charge in [-0.05, 0) is 38.3 Å². The molecule has 1 aliphatic carbocycles. The Balaban J connectivity index is 1.60. The molecule has 4 rings (SSSR count). The zero-order valence-corrected chi connectivity index (χ0v) is 13.2. The van der Waals surface area contributed by atoms with Crippen LogP contribution in [0.25, 0.3) is 0 Å². The van der Waals surface area contributed by atoms with Gasteiger partial charge in [0, 0.05) is 30.8 Å². The Bertz CT molecular complexity index is 641. The zero-order chi connectivity index (χ0) is 15.5. The van der Waals surface area contributed by atoms with Gasteiger partial charge in [0.25, 0.3) is 0 Å². The highest BCUT2D eigenvalue weighted by Gasteiger charge is 2.35. The summed E-state index contributed by atoms with van der Waals surface area (Å²) in [4.78, 5) is 20.3. The fourth-order valence-corrected chi connectivity index (χ4v) is 3.91. The van der Waals surface area contributed by atoms with Crippen LogP contribution in [0.15, 0.2) is 30.9 Å². The lowest BCUT2D eigenvalue weighted by Crippen LogP contribution is -2.33. The van der Waals surface area contributed by atoms with Crippen molar-refractivity contribution in [3.05, 3.63) is 36.5 Å². The first-order valence-electron chi connectivity index (χ1n) is 8.52. The number of nitrogens with zero attached hydrogens (tertiary/aromatic N) is 5. The van der Waals surface area contributed by atoms with Gasteiger partial charge < -0.3 is 5.32 Å². The lowest BCUT2D eigenvalue weighted by molar-refractivity contribution is 0.180. The predicted octanol–water partition coefficient (Wildman–Crippen LogP) is 3.09. The Hall–Kier alpha value is -2.08. The largest absolute Gasteiger partial charge is 0.307 e. The highest BCUT2D eigenvalue weighted by atomic mass is 15.2. The van der Waals surface area contributed by atoms with Crippen molar-refractivity contribution < 1.29 is 0 Å². The van der Waals surface area contributed by atoms with Gasteiger partial charge in [0.1, 0.15) is 5.69 Å². The molecular weight excluding hydrogens is 288 g/mol. The van der Waals surface area contributed by atoms with E-state index in [0.717, 1.165) is 17.9 Å². The first kappa shape index (κ1) is 14.5. The molecule has 0 spiro atoms. The van der Waals surface area contributed by atoms with Gasteiger partial charge in [-0.15, -0.1) is 0 Å². The molecule has 1 saturated heterocycles. The van der Waals surface area contributed by atoms with Crippen molar-refractivity contribution in [1.82, 2.24) is 24.8 Å². The normalized spacial score (nSPS) is 22.5. The van der Waals surface area contributed by atoms with Crippen LogP contribution in [0.5, 0.6) is 0 Å². The molecule has 2 aromatic rings. The second-order valence-electron chi connectivity index (χ2n) is 6.32. The standard InChI is InChI=1S/C17H22N6/c1-2-6-13(5-1)23-12-3-7-14(23)15-16(19-11-10-18-15)22-17-20-8-4-9-21-17/h4,8-11,13-14H,1-3,5-7,12H2,(H,19,20,21,22)/t14-/m0/s1. The van der Waals surface area contributed by atoms with Crippen LogP contribution < -0.4 is 5.32 Å². The summed E-state index contributed by atoms with van der Waals surface area (Å²) in [5.41, 5.74) is 1.03. The maximum absolute atomic E-state index is 4.66. The van der Waals surface area contributed by atoms with Crippen LogP contribution in [0.2, 0.25) is 0 Å². The van der Waals surface area contributed by atoms with Gasteiger partial charge >= 0.3 is 0 Å². The van der Waals surface area contributed by atoms with Crippen LogP contribution in [0.3, 0.4) is 0 Å². The van der Waals surface area contributed by atoms with E-state index in [9.17, 15) is 0 Å². The number of likely N-dealkylation sites (tertiary alicyclic amines) is 1. The third kappa shape index (κ3) is 3.03. The Labute approximate surface area is 136 Å². The van der Waals surface area contributed by atoms with Crippen molar-refractivity contribution in [2.24, 2.45) is 0 Å². The minimum absolute atomic E-state index is 0.359.